The summed E-state index contributed by atoms with van der Waals surface area (Å²) in [6.45, 7) is 7.01. The number of hydrogen-bond acceptors (Lipinski definition) is 3. The molecular formula is C23H26N2O3. The van der Waals surface area contributed by atoms with Crippen molar-refractivity contribution in [3.63, 3.8) is 0 Å². The van der Waals surface area contributed by atoms with Crippen molar-refractivity contribution in [2.45, 2.75) is 39.7 Å². The van der Waals surface area contributed by atoms with Crippen molar-refractivity contribution in [1.82, 2.24) is 10.3 Å². The highest BCUT2D eigenvalue weighted by atomic mass is 16.5. The molecule has 0 aliphatic heterocycles. The Bertz CT molecular complexity index is 1020. The zero-order valence-corrected chi connectivity index (χ0v) is 16.5. The van der Waals surface area contributed by atoms with E-state index in [-0.39, 0.29) is 24.4 Å². The van der Waals surface area contributed by atoms with Crippen LogP contribution in [0.1, 0.15) is 43.4 Å². The molecule has 0 saturated heterocycles. The number of ether oxygens (including phenoxy) is 1. The van der Waals surface area contributed by atoms with E-state index < -0.39 is 0 Å². The van der Waals surface area contributed by atoms with Crippen LogP contribution >= 0.6 is 0 Å². The number of carbonyl (C=O) groups is 1. The molecule has 0 fully saturated rings. The lowest BCUT2D eigenvalue weighted by molar-refractivity contribution is -0.120. The lowest BCUT2D eigenvalue weighted by atomic mass is 10.0. The van der Waals surface area contributed by atoms with Gasteiger partial charge in [-0.05, 0) is 59.7 Å². The first-order valence-electron chi connectivity index (χ1n) is 9.60. The Balaban J connectivity index is 1.67. The van der Waals surface area contributed by atoms with Gasteiger partial charge in [0, 0.05) is 17.6 Å². The summed E-state index contributed by atoms with van der Waals surface area (Å²) in [5.74, 6) is 1.07. The summed E-state index contributed by atoms with van der Waals surface area (Å²) in [7, 11) is 0. The van der Waals surface area contributed by atoms with Gasteiger partial charge in [-0.3, -0.25) is 9.59 Å². The molecule has 0 unspecified atom stereocenters. The van der Waals surface area contributed by atoms with Gasteiger partial charge in [-0.25, -0.2) is 0 Å². The van der Waals surface area contributed by atoms with Gasteiger partial charge in [0.15, 0.2) is 0 Å². The first kappa shape index (κ1) is 19.7. The predicted octanol–water partition coefficient (Wildman–Crippen LogP) is 3.91. The maximum absolute atomic E-state index is 12.3. The Hall–Kier alpha value is -3.08. The van der Waals surface area contributed by atoms with Gasteiger partial charge in [0.2, 0.25) is 5.91 Å². The Labute approximate surface area is 164 Å². The van der Waals surface area contributed by atoms with E-state index in [1.165, 1.54) is 5.56 Å². The number of H-pyrrole nitrogens is 1. The fourth-order valence-electron chi connectivity index (χ4n) is 3.07. The van der Waals surface area contributed by atoms with Gasteiger partial charge in [-0.2, -0.15) is 0 Å². The normalized spacial score (nSPS) is 11.0. The highest BCUT2D eigenvalue weighted by Crippen LogP contribution is 2.20. The molecule has 0 aliphatic carbocycles. The molecule has 1 amide bonds. The molecule has 3 aromatic rings. The van der Waals surface area contributed by atoms with Gasteiger partial charge >= 0.3 is 0 Å². The van der Waals surface area contributed by atoms with Crippen LogP contribution in [0.4, 0.5) is 0 Å². The Morgan fingerprint density at radius 1 is 1.11 bits per heavy atom. The van der Waals surface area contributed by atoms with Crippen molar-refractivity contribution in [1.29, 1.82) is 0 Å². The van der Waals surface area contributed by atoms with Gasteiger partial charge in [0.05, 0.1) is 13.0 Å². The van der Waals surface area contributed by atoms with Crippen LogP contribution < -0.4 is 15.6 Å². The van der Waals surface area contributed by atoms with E-state index in [0.717, 1.165) is 22.2 Å². The monoisotopic (exact) mass is 378 g/mol. The van der Waals surface area contributed by atoms with E-state index in [1.54, 1.807) is 0 Å². The average Bonchev–Trinajstić information content (AvgIpc) is 2.67. The fraction of sp³-hybridized carbons (Fsp3) is 0.304. The third-order valence-electron chi connectivity index (χ3n) is 4.69. The molecule has 0 atom stereocenters. The standard InChI is InChI=1S/C23H26N2O3/c1-4-28-20-8-5-16(6-9-20)11-22(26)24-14-19-13-18-12-17(15(2)3)7-10-21(18)25-23(19)27/h5-10,12-13,15H,4,11,14H2,1-3H3,(H,24,26)(H,25,27). The second-order valence-electron chi connectivity index (χ2n) is 7.16. The molecule has 0 radical (unpaired) electrons. The van der Waals surface area contributed by atoms with Crippen LogP contribution in [0.3, 0.4) is 0 Å². The number of pyridine rings is 1. The Morgan fingerprint density at radius 3 is 2.54 bits per heavy atom. The number of rotatable bonds is 7. The molecule has 1 aromatic heterocycles. The van der Waals surface area contributed by atoms with Crippen molar-refractivity contribution < 1.29 is 9.53 Å². The molecule has 146 valence electrons. The highest BCUT2D eigenvalue weighted by Gasteiger charge is 2.08. The molecule has 0 spiro atoms. The number of hydrogen-bond donors (Lipinski definition) is 2. The molecule has 28 heavy (non-hydrogen) atoms. The number of fused-ring (bicyclic) bond motifs is 1. The highest BCUT2D eigenvalue weighted by molar-refractivity contribution is 5.81. The topological polar surface area (TPSA) is 71.2 Å². The number of nitrogens with one attached hydrogen (secondary N) is 2. The first-order valence-corrected chi connectivity index (χ1v) is 9.60. The van der Waals surface area contributed by atoms with Crippen LogP contribution in [0.15, 0.2) is 53.3 Å². The largest absolute Gasteiger partial charge is 0.494 e. The SMILES string of the molecule is CCOc1ccc(CC(=O)NCc2cc3cc(C(C)C)ccc3[nH]c2=O)cc1. The third-order valence-corrected chi connectivity index (χ3v) is 4.69. The minimum absolute atomic E-state index is 0.125. The van der Waals surface area contributed by atoms with Crippen molar-refractivity contribution in [2.24, 2.45) is 0 Å². The maximum atomic E-state index is 12.3. The molecular weight excluding hydrogens is 352 g/mol. The number of aromatic amines is 1. The third kappa shape index (κ3) is 4.80. The van der Waals surface area contributed by atoms with E-state index in [1.807, 2.05) is 49.4 Å². The number of amides is 1. The second kappa shape index (κ2) is 8.74. The van der Waals surface area contributed by atoms with E-state index in [4.69, 9.17) is 4.74 Å². The predicted molar refractivity (Wildman–Crippen MR) is 112 cm³/mol. The number of aromatic nitrogens is 1. The van der Waals surface area contributed by atoms with Crippen molar-refractivity contribution in [3.05, 3.63) is 75.6 Å². The van der Waals surface area contributed by atoms with Gasteiger partial charge < -0.3 is 15.0 Å². The van der Waals surface area contributed by atoms with Crippen molar-refractivity contribution in [2.75, 3.05) is 6.61 Å². The second-order valence-corrected chi connectivity index (χ2v) is 7.16. The number of benzene rings is 2. The summed E-state index contributed by atoms with van der Waals surface area (Å²) in [4.78, 5) is 27.5. The molecule has 0 bridgehead atoms. The average molecular weight is 378 g/mol. The first-order chi connectivity index (χ1) is 13.5. The van der Waals surface area contributed by atoms with Gasteiger partial charge in [0.25, 0.3) is 5.56 Å². The molecule has 5 nitrogen and oxygen atoms in total. The molecule has 0 aliphatic rings. The lowest BCUT2D eigenvalue weighted by Gasteiger charge is -2.09. The Morgan fingerprint density at radius 2 is 1.86 bits per heavy atom. The molecule has 0 saturated carbocycles. The molecule has 2 aromatic carbocycles. The molecule has 2 N–H and O–H groups in total. The minimum Gasteiger partial charge on any atom is -0.494 e. The van der Waals surface area contributed by atoms with Gasteiger partial charge in [-0.1, -0.05) is 32.0 Å². The summed E-state index contributed by atoms with van der Waals surface area (Å²) >= 11 is 0. The minimum atomic E-state index is -0.175. The lowest BCUT2D eigenvalue weighted by Crippen LogP contribution is -2.28. The summed E-state index contributed by atoms with van der Waals surface area (Å²) < 4.78 is 5.40. The molecule has 3 rings (SSSR count). The van der Waals surface area contributed by atoms with E-state index in [2.05, 4.69) is 30.2 Å². The van der Waals surface area contributed by atoms with Crippen molar-refractivity contribution >= 4 is 16.8 Å². The van der Waals surface area contributed by atoms with Gasteiger partial charge in [-0.15, -0.1) is 0 Å². The fourth-order valence-corrected chi connectivity index (χ4v) is 3.07. The molecule has 5 heteroatoms. The summed E-state index contributed by atoms with van der Waals surface area (Å²) in [5.41, 5.74) is 3.29. The Kier molecular flexibility index (Phi) is 6.14. The zero-order valence-electron chi connectivity index (χ0n) is 16.5. The summed E-state index contributed by atoms with van der Waals surface area (Å²) in [6.07, 6.45) is 0.259. The maximum Gasteiger partial charge on any atom is 0.253 e. The van der Waals surface area contributed by atoms with Crippen LogP contribution in [-0.2, 0) is 17.8 Å². The zero-order chi connectivity index (χ0) is 20.1. The number of carbonyl (C=O) groups excluding carboxylic acids is 1. The van der Waals surface area contributed by atoms with E-state index in [9.17, 15) is 9.59 Å². The molecule has 1 heterocycles. The van der Waals surface area contributed by atoms with Crippen LogP contribution in [0.25, 0.3) is 10.9 Å². The van der Waals surface area contributed by atoms with Crippen LogP contribution in [-0.4, -0.2) is 17.5 Å². The van der Waals surface area contributed by atoms with Gasteiger partial charge in [0.1, 0.15) is 5.75 Å². The van der Waals surface area contributed by atoms with Crippen molar-refractivity contribution in [3.8, 4) is 5.75 Å². The van der Waals surface area contributed by atoms with Crippen LogP contribution in [0.2, 0.25) is 0 Å². The summed E-state index contributed by atoms with van der Waals surface area (Å²) in [5, 5.41) is 3.81. The van der Waals surface area contributed by atoms with E-state index in [0.29, 0.717) is 18.1 Å². The van der Waals surface area contributed by atoms with E-state index >= 15 is 0 Å². The quantitative estimate of drug-likeness (QED) is 0.655. The smallest absolute Gasteiger partial charge is 0.253 e. The van der Waals surface area contributed by atoms with Crippen LogP contribution in [0, 0.1) is 0 Å². The summed E-state index contributed by atoms with van der Waals surface area (Å²) in [6, 6.07) is 15.4. The van der Waals surface area contributed by atoms with Crippen LogP contribution in [0.5, 0.6) is 5.75 Å².